The van der Waals surface area contributed by atoms with Gasteiger partial charge in [0.2, 0.25) is 5.91 Å². The van der Waals surface area contributed by atoms with Crippen molar-refractivity contribution in [3.63, 3.8) is 0 Å². The van der Waals surface area contributed by atoms with Crippen LogP contribution in [0.1, 0.15) is 18.4 Å². The number of rotatable bonds is 5. The summed E-state index contributed by atoms with van der Waals surface area (Å²) in [6, 6.07) is 6.36. The maximum Gasteiger partial charge on any atom is 0.315 e. The molecule has 0 spiro atoms. The number of carbonyl (C=O) groups excluding carboxylic acids is 2. The van der Waals surface area contributed by atoms with E-state index in [1.807, 2.05) is 0 Å². The van der Waals surface area contributed by atoms with Gasteiger partial charge in [-0.05, 0) is 30.5 Å². The van der Waals surface area contributed by atoms with Crippen molar-refractivity contribution in [3.05, 3.63) is 35.6 Å². The molecule has 24 heavy (non-hydrogen) atoms. The summed E-state index contributed by atoms with van der Waals surface area (Å²) in [5.74, 6) is -0.361. The quantitative estimate of drug-likeness (QED) is 0.849. The molecular formula is C17H25FN4O2. The molecule has 0 bridgehead atoms. The average molecular weight is 336 g/mol. The summed E-state index contributed by atoms with van der Waals surface area (Å²) in [5.41, 5.74) is 1.09. The minimum Gasteiger partial charge on any atom is -0.347 e. The van der Waals surface area contributed by atoms with Crippen LogP contribution in [0.15, 0.2) is 24.3 Å². The number of hydrogen-bond acceptors (Lipinski definition) is 3. The summed E-state index contributed by atoms with van der Waals surface area (Å²) in [7, 11) is 3.30. The minimum absolute atomic E-state index is 0.00223. The highest BCUT2D eigenvalue weighted by Gasteiger charge is 2.21. The molecule has 1 aromatic carbocycles. The number of nitrogens with zero attached hydrogens (tertiary/aromatic N) is 2. The third-order valence-corrected chi connectivity index (χ3v) is 4.14. The van der Waals surface area contributed by atoms with E-state index in [-0.39, 0.29) is 30.3 Å². The van der Waals surface area contributed by atoms with Gasteiger partial charge in [0, 0.05) is 39.8 Å². The zero-order chi connectivity index (χ0) is 17.5. The van der Waals surface area contributed by atoms with Crippen LogP contribution >= 0.6 is 0 Å². The van der Waals surface area contributed by atoms with Crippen molar-refractivity contribution in [3.8, 4) is 0 Å². The molecule has 1 fully saturated rings. The summed E-state index contributed by atoms with van der Waals surface area (Å²) in [6.07, 6.45) is 1.71. The fourth-order valence-corrected chi connectivity index (χ4v) is 2.63. The summed E-state index contributed by atoms with van der Waals surface area (Å²) >= 11 is 0. The van der Waals surface area contributed by atoms with Crippen LogP contribution in [0.4, 0.5) is 9.18 Å². The molecule has 0 unspecified atom stereocenters. The lowest BCUT2D eigenvalue weighted by molar-refractivity contribution is -0.127. The summed E-state index contributed by atoms with van der Waals surface area (Å²) in [6.45, 7) is 2.54. The Bertz CT molecular complexity index is 554. The highest BCUT2D eigenvalue weighted by molar-refractivity contribution is 5.83. The molecule has 3 amide bonds. The summed E-state index contributed by atoms with van der Waals surface area (Å²) in [5, 5.41) is 5.49. The second-order valence-corrected chi connectivity index (χ2v) is 6.29. The lowest BCUT2D eigenvalue weighted by Gasteiger charge is -2.32. The van der Waals surface area contributed by atoms with Crippen LogP contribution in [0.2, 0.25) is 0 Å². The average Bonchev–Trinajstić information content (AvgIpc) is 2.56. The Balaban J connectivity index is 1.68. The van der Waals surface area contributed by atoms with E-state index in [1.54, 1.807) is 26.2 Å². The van der Waals surface area contributed by atoms with Crippen LogP contribution in [0, 0.1) is 5.82 Å². The number of benzene rings is 1. The van der Waals surface area contributed by atoms with Gasteiger partial charge in [-0.15, -0.1) is 0 Å². The van der Waals surface area contributed by atoms with E-state index in [0.29, 0.717) is 0 Å². The molecule has 1 aliphatic rings. The SMILES string of the molecule is CN(C)C(=O)CNC(=O)NC1CCN(Cc2ccc(F)cc2)CC1. The minimum atomic E-state index is -0.304. The van der Waals surface area contributed by atoms with Gasteiger partial charge in [-0.25, -0.2) is 9.18 Å². The molecule has 0 atom stereocenters. The van der Waals surface area contributed by atoms with E-state index in [4.69, 9.17) is 0 Å². The number of carbonyl (C=O) groups is 2. The van der Waals surface area contributed by atoms with Crippen molar-refractivity contribution in [2.24, 2.45) is 0 Å². The molecule has 0 saturated carbocycles. The van der Waals surface area contributed by atoms with E-state index in [0.717, 1.165) is 38.0 Å². The van der Waals surface area contributed by atoms with Gasteiger partial charge in [-0.1, -0.05) is 12.1 Å². The molecule has 0 radical (unpaired) electrons. The molecule has 0 aliphatic carbocycles. The number of halogens is 1. The monoisotopic (exact) mass is 336 g/mol. The molecule has 6 nitrogen and oxygen atoms in total. The molecule has 0 aromatic heterocycles. The van der Waals surface area contributed by atoms with Crippen molar-refractivity contribution < 1.29 is 14.0 Å². The fraction of sp³-hybridized carbons (Fsp3) is 0.529. The van der Waals surface area contributed by atoms with Crippen LogP contribution in [0.5, 0.6) is 0 Å². The Kier molecular flexibility index (Phi) is 6.54. The van der Waals surface area contributed by atoms with Gasteiger partial charge in [0.15, 0.2) is 0 Å². The van der Waals surface area contributed by atoms with E-state index in [1.165, 1.54) is 17.0 Å². The van der Waals surface area contributed by atoms with Gasteiger partial charge in [0.25, 0.3) is 0 Å². The number of urea groups is 1. The standard InChI is InChI=1S/C17H25FN4O2/c1-21(2)16(23)11-19-17(24)20-15-7-9-22(10-8-15)12-13-3-5-14(18)6-4-13/h3-6,15H,7-12H2,1-2H3,(H2,19,20,24). The van der Waals surface area contributed by atoms with E-state index >= 15 is 0 Å². The second kappa shape index (κ2) is 8.63. The molecule has 1 aromatic rings. The Labute approximate surface area is 142 Å². The van der Waals surface area contributed by atoms with E-state index in [2.05, 4.69) is 15.5 Å². The Hall–Kier alpha value is -2.15. The lowest BCUT2D eigenvalue weighted by atomic mass is 10.0. The first-order valence-corrected chi connectivity index (χ1v) is 8.15. The normalized spacial score (nSPS) is 15.8. The third kappa shape index (κ3) is 5.81. The van der Waals surface area contributed by atoms with Crippen molar-refractivity contribution >= 4 is 11.9 Å². The first-order chi connectivity index (χ1) is 11.4. The van der Waals surface area contributed by atoms with Gasteiger partial charge in [-0.3, -0.25) is 9.69 Å². The van der Waals surface area contributed by atoms with Crippen LogP contribution in [-0.4, -0.2) is 61.5 Å². The third-order valence-electron chi connectivity index (χ3n) is 4.14. The van der Waals surface area contributed by atoms with Crippen molar-refractivity contribution in [1.82, 2.24) is 20.4 Å². The Morgan fingerprint density at radius 1 is 1.21 bits per heavy atom. The maximum absolute atomic E-state index is 12.9. The number of nitrogens with one attached hydrogen (secondary N) is 2. The topological polar surface area (TPSA) is 64.7 Å². The highest BCUT2D eigenvalue weighted by atomic mass is 19.1. The zero-order valence-electron chi connectivity index (χ0n) is 14.2. The predicted molar refractivity (Wildman–Crippen MR) is 89.9 cm³/mol. The van der Waals surface area contributed by atoms with Gasteiger partial charge in [-0.2, -0.15) is 0 Å². The molecular weight excluding hydrogens is 311 g/mol. The number of likely N-dealkylation sites (tertiary alicyclic amines) is 1. The second-order valence-electron chi connectivity index (χ2n) is 6.29. The van der Waals surface area contributed by atoms with E-state index in [9.17, 15) is 14.0 Å². The number of amides is 3. The van der Waals surface area contributed by atoms with Crippen molar-refractivity contribution in [2.75, 3.05) is 33.7 Å². The van der Waals surface area contributed by atoms with Gasteiger partial charge >= 0.3 is 6.03 Å². The van der Waals surface area contributed by atoms with Crippen LogP contribution < -0.4 is 10.6 Å². The lowest BCUT2D eigenvalue weighted by Crippen LogP contribution is -2.49. The number of piperidine rings is 1. The van der Waals surface area contributed by atoms with Crippen LogP contribution in [0.3, 0.4) is 0 Å². The van der Waals surface area contributed by atoms with Gasteiger partial charge in [0.1, 0.15) is 5.82 Å². The molecule has 2 rings (SSSR count). The zero-order valence-corrected chi connectivity index (χ0v) is 14.2. The van der Waals surface area contributed by atoms with E-state index < -0.39 is 0 Å². The maximum atomic E-state index is 12.9. The first kappa shape index (κ1) is 18.2. The number of hydrogen-bond donors (Lipinski definition) is 2. The van der Waals surface area contributed by atoms with Gasteiger partial charge in [0.05, 0.1) is 6.54 Å². The molecule has 1 saturated heterocycles. The molecule has 1 aliphatic heterocycles. The summed E-state index contributed by atoms with van der Waals surface area (Å²) < 4.78 is 12.9. The molecule has 2 N–H and O–H groups in total. The fourth-order valence-electron chi connectivity index (χ4n) is 2.63. The molecule has 7 heteroatoms. The Morgan fingerprint density at radius 3 is 2.42 bits per heavy atom. The van der Waals surface area contributed by atoms with Crippen LogP contribution in [0.25, 0.3) is 0 Å². The predicted octanol–water partition coefficient (Wildman–Crippen LogP) is 1.18. The van der Waals surface area contributed by atoms with Crippen LogP contribution in [-0.2, 0) is 11.3 Å². The van der Waals surface area contributed by atoms with Gasteiger partial charge < -0.3 is 15.5 Å². The first-order valence-electron chi connectivity index (χ1n) is 8.15. The molecule has 1 heterocycles. The Morgan fingerprint density at radius 2 is 1.83 bits per heavy atom. The molecule has 132 valence electrons. The van der Waals surface area contributed by atoms with Crippen molar-refractivity contribution in [2.45, 2.75) is 25.4 Å². The smallest absolute Gasteiger partial charge is 0.315 e. The summed E-state index contributed by atoms with van der Waals surface area (Å²) in [4.78, 5) is 27.0. The highest BCUT2D eigenvalue weighted by Crippen LogP contribution is 2.14. The largest absolute Gasteiger partial charge is 0.347 e. The van der Waals surface area contributed by atoms with Crippen molar-refractivity contribution in [1.29, 1.82) is 0 Å². The number of likely N-dealkylation sites (N-methyl/N-ethyl adjacent to an activating group) is 1.